The van der Waals surface area contributed by atoms with Crippen LogP contribution in [0.2, 0.25) is 0 Å². The Morgan fingerprint density at radius 3 is 2.23 bits per heavy atom. The summed E-state index contributed by atoms with van der Waals surface area (Å²) >= 11 is 0. The van der Waals surface area contributed by atoms with Gasteiger partial charge in [-0.05, 0) is 24.5 Å². The van der Waals surface area contributed by atoms with Crippen molar-refractivity contribution in [1.82, 2.24) is 0 Å². The zero-order chi connectivity index (χ0) is 10.2. The zero-order valence-electron chi connectivity index (χ0n) is 7.93. The molecule has 0 aliphatic carbocycles. The van der Waals surface area contributed by atoms with Gasteiger partial charge in [-0.3, -0.25) is 0 Å². The number of benzene rings is 1. The molecule has 0 amide bonds. The van der Waals surface area contributed by atoms with Gasteiger partial charge in [0.2, 0.25) is 5.82 Å². The number of rotatable bonds is 1. The largest absolute Gasteiger partial charge is 0.505 e. The highest BCUT2D eigenvalue weighted by Gasteiger charge is 2.16. The molecule has 0 bridgehead atoms. The molecule has 2 nitrogen and oxygen atoms in total. The van der Waals surface area contributed by atoms with Crippen molar-refractivity contribution in [3.63, 3.8) is 0 Å². The summed E-state index contributed by atoms with van der Waals surface area (Å²) in [6.07, 6.45) is 0. The lowest BCUT2D eigenvalue weighted by Crippen LogP contribution is -1.93. The predicted octanol–water partition coefficient (Wildman–Crippen LogP) is 2.67. The number of halogens is 1. The van der Waals surface area contributed by atoms with Crippen LogP contribution in [0.5, 0.6) is 11.5 Å². The molecule has 72 valence electrons. The smallest absolute Gasteiger partial charge is 0.206 e. The van der Waals surface area contributed by atoms with Gasteiger partial charge in [0.1, 0.15) is 0 Å². The second-order valence-corrected chi connectivity index (χ2v) is 3.45. The zero-order valence-corrected chi connectivity index (χ0v) is 7.93. The second kappa shape index (κ2) is 3.24. The van der Waals surface area contributed by atoms with E-state index >= 15 is 0 Å². The minimum atomic E-state index is -0.927. The first-order chi connectivity index (χ1) is 5.95. The molecule has 2 N–H and O–H groups in total. The van der Waals surface area contributed by atoms with Crippen LogP contribution in [-0.4, -0.2) is 10.2 Å². The highest BCUT2D eigenvalue weighted by molar-refractivity contribution is 5.47. The van der Waals surface area contributed by atoms with Gasteiger partial charge in [-0.15, -0.1) is 0 Å². The van der Waals surface area contributed by atoms with Gasteiger partial charge < -0.3 is 10.2 Å². The third kappa shape index (κ3) is 1.59. The van der Waals surface area contributed by atoms with Crippen LogP contribution >= 0.6 is 0 Å². The van der Waals surface area contributed by atoms with Gasteiger partial charge >= 0.3 is 0 Å². The molecule has 0 aromatic heterocycles. The van der Waals surface area contributed by atoms with E-state index in [0.29, 0.717) is 11.1 Å². The van der Waals surface area contributed by atoms with Crippen molar-refractivity contribution in [1.29, 1.82) is 0 Å². The standard InChI is InChI=1S/C10H13FO2/c1-5(2)7-4-6(3)9(12)8(11)10(7)13/h4-5,12-13H,1-3H3. The summed E-state index contributed by atoms with van der Waals surface area (Å²) in [7, 11) is 0. The maximum Gasteiger partial charge on any atom is 0.206 e. The molecule has 1 aromatic rings. The van der Waals surface area contributed by atoms with Crippen LogP contribution in [0, 0.1) is 12.7 Å². The van der Waals surface area contributed by atoms with Crippen molar-refractivity contribution in [3.8, 4) is 11.5 Å². The summed E-state index contributed by atoms with van der Waals surface area (Å²) in [6, 6.07) is 1.60. The molecule has 1 aromatic carbocycles. The Morgan fingerprint density at radius 2 is 1.77 bits per heavy atom. The molecule has 0 aliphatic heterocycles. The van der Waals surface area contributed by atoms with Crippen LogP contribution in [0.4, 0.5) is 4.39 Å². The van der Waals surface area contributed by atoms with Gasteiger partial charge in [0.05, 0.1) is 0 Å². The Morgan fingerprint density at radius 1 is 1.23 bits per heavy atom. The molecule has 0 saturated carbocycles. The lowest BCUT2D eigenvalue weighted by Gasteiger charge is -2.11. The fraction of sp³-hybridized carbons (Fsp3) is 0.400. The topological polar surface area (TPSA) is 40.5 Å². The number of hydrogen-bond donors (Lipinski definition) is 2. The molecule has 0 heterocycles. The minimum Gasteiger partial charge on any atom is -0.505 e. The Hall–Kier alpha value is -1.25. The van der Waals surface area contributed by atoms with E-state index in [4.69, 9.17) is 5.11 Å². The summed E-state index contributed by atoms with van der Waals surface area (Å²) in [5.41, 5.74) is 0.965. The van der Waals surface area contributed by atoms with Crippen molar-refractivity contribution < 1.29 is 14.6 Å². The highest BCUT2D eigenvalue weighted by Crippen LogP contribution is 2.35. The molecule has 0 saturated heterocycles. The molecule has 3 heteroatoms. The van der Waals surface area contributed by atoms with Gasteiger partial charge in [0, 0.05) is 5.56 Å². The molecule has 0 radical (unpaired) electrons. The third-order valence-corrected chi connectivity index (χ3v) is 2.06. The summed E-state index contributed by atoms with van der Waals surface area (Å²) in [4.78, 5) is 0. The van der Waals surface area contributed by atoms with Crippen molar-refractivity contribution in [3.05, 3.63) is 23.0 Å². The van der Waals surface area contributed by atoms with Gasteiger partial charge in [-0.2, -0.15) is 4.39 Å². The second-order valence-electron chi connectivity index (χ2n) is 3.45. The monoisotopic (exact) mass is 184 g/mol. The lowest BCUT2D eigenvalue weighted by molar-refractivity contribution is 0.381. The minimum absolute atomic E-state index is 0.0359. The number of aromatic hydroxyl groups is 2. The van der Waals surface area contributed by atoms with Crippen LogP contribution in [-0.2, 0) is 0 Å². The first kappa shape index (κ1) is 9.84. The van der Waals surface area contributed by atoms with Crippen LogP contribution in [0.1, 0.15) is 30.9 Å². The molecule has 0 atom stereocenters. The van der Waals surface area contributed by atoms with E-state index in [-0.39, 0.29) is 5.92 Å². The third-order valence-electron chi connectivity index (χ3n) is 2.06. The quantitative estimate of drug-likeness (QED) is 0.704. The van der Waals surface area contributed by atoms with Gasteiger partial charge in [0.25, 0.3) is 0 Å². The molecule has 0 fully saturated rings. The van der Waals surface area contributed by atoms with Crippen molar-refractivity contribution >= 4 is 0 Å². The normalized spacial score (nSPS) is 10.8. The molecule has 0 aliphatic rings. The number of phenols is 2. The molecular formula is C10H13FO2. The Balaban J connectivity index is 3.41. The maximum absolute atomic E-state index is 13.1. The van der Waals surface area contributed by atoms with E-state index in [9.17, 15) is 9.50 Å². The van der Waals surface area contributed by atoms with Crippen LogP contribution < -0.4 is 0 Å². The first-order valence-corrected chi connectivity index (χ1v) is 4.16. The number of phenolic OH excluding ortho intramolecular Hbond substituents is 2. The summed E-state index contributed by atoms with van der Waals surface area (Å²) in [5.74, 6) is -1.81. The maximum atomic E-state index is 13.1. The van der Waals surface area contributed by atoms with Gasteiger partial charge in [0.15, 0.2) is 11.5 Å². The summed E-state index contributed by atoms with van der Waals surface area (Å²) in [5, 5.41) is 18.5. The van der Waals surface area contributed by atoms with E-state index in [1.807, 2.05) is 13.8 Å². The molecule has 13 heavy (non-hydrogen) atoms. The van der Waals surface area contributed by atoms with E-state index in [1.165, 1.54) is 0 Å². The summed E-state index contributed by atoms with van der Waals surface area (Å²) in [6.45, 7) is 5.31. The SMILES string of the molecule is Cc1cc(C(C)C)c(O)c(F)c1O. The van der Waals surface area contributed by atoms with Crippen LogP contribution in [0.3, 0.4) is 0 Å². The fourth-order valence-corrected chi connectivity index (χ4v) is 1.22. The Kier molecular flexibility index (Phi) is 2.45. The number of hydrogen-bond acceptors (Lipinski definition) is 2. The average molecular weight is 184 g/mol. The van der Waals surface area contributed by atoms with E-state index in [1.54, 1.807) is 13.0 Å². The molecule has 0 unspecified atom stereocenters. The van der Waals surface area contributed by atoms with Crippen LogP contribution in [0.25, 0.3) is 0 Å². The van der Waals surface area contributed by atoms with E-state index in [2.05, 4.69) is 0 Å². The van der Waals surface area contributed by atoms with E-state index in [0.717, 1.165) is 0 Å². The lowest BCUT2D eigenvalue weighted by atomic mass is 9.99. The molecule has 0 spiro atoms. The van der Waals surface area contributed by atoms with Crippen LogP contribution in [0.15, 0.2) is 6.07 Å². The Labute approximate surface area is 76.6 Å². The van der Waals surface area contributed by atoms with Crippen molar-refractivity contribution in [2.75, 3.05) is 0 Å². The van der Waals surface area contributed by atoms with Crippen molar-refractivity contribution in [2.24, 2.45) is 0 Å². The van der Waals surface area contributed by atoms with E-state index < -0.39 is 17.3 Å². The van der Waals surface area contributed by atoms with Gasteiger partial charge in [-0.25, -0.2) is 0 Å². The predicted molar refractivity (Wildman–Crippen MR) is 48.6 cm³/mol. The first-order valence-electron chi connectivity index (χ1n) is 4.16. The van der Waals surface area contributed by atoms with Gasteiger partial charge in [-0.1, -0.05) is 13.8 Å². The average Bonchev–Trinajstić information content (AvgIpc) is 2.07. The molecular weight excluding hydrogens is 171 g/mol. The Bertz CT molecular complexity index is 332. The highest BCUT2D eigenvalue weighted by atomic mass is 19.1. The fourth-order valence-electron chi connectivity index (χ4n) is 1.22. The van der Waals surface area contributed by atoms with Crippen molar-refractivity contribution in [2.45, 2.75) is 26.7 Å². The summed E-state index contributed by atoms with van der Waals surface area (Å²) < 4.78 is 13.1. The molecule has 1 rings (SSSR count). The number of aryl methyl sites for hydroxylation is 1.